The second kappa shape index (κ2) is 9.90. The quantitative estimate of drug-likeness (QED) is 0.619. The highest BCUT2D eigenvalue weighted by Gasteiger charge is 2.28. The highest BCUT2D eigenvalue weighted by Crippen LogP contribution is 2.22. The molecular formula is C20H23ClFN3O5S. The number of hydrogen-bond donors (Lipinski definition) is 1. The van der Waals surface area contributed by atoms with Crippen LogP contribution in [0.3, 0.4) is 0 Å². The zero-order valence-corrected chi connectivity index (χ0v) is 18.4. The van der Waals surface area contributed by atoms with Crippen molar-refractivity contribution in [1.82, 2.24) is 14.8 Å². The number of rotatable bonds is 7. The summed E-state index contributed by atoms with van der Waals surface area (Å²) < 4.78 is 50.0. The summed E-state index contributed by atoms with van der Waals surface area (Å²) in [7, 11) is -4.32. The third-order valence-corrected chi connectivity index (χ3v) is 5.80. The predicted octanol–water partition coefficient (Wildman–Crippen LogP) is 2.37. The largest absolute Gasteiger partial charge is 0.467 e. The summed E-state index contributed by atoms with van der Waals surface area (Å²) in [6.45, 7) is 4.07. The van der Waals surface area contributed by atoms with Crippen molar-refractivity contribution in [2.24, 2.45) is 0 Å². The Morgan fingerprint density at radius 2 is 2.03 bits per heavy atom. The Morgan fingerprint density at radius 1 is 1.32 bits per heavy atom. The van der Waals surface area contributed by atoms with E-state index in [0.29, 0.717) is 26.2 Å². The van der Waals surface area contributed by atoms with Gasteiger partial charge in [0.2, 0.25) is 5.88 Å². The van der Waals surface area contributed by atoms with Crippen molar-refractivity contribution >= 4 is 27.6 Å². The van der Waals surface area contributed by atoms with Crippen LogP contribution in [0.25, 0.3) is 0 Å². The highest BCUT2D eigenvalue weighted by molar-refractivity contribution is 7.85. The van der Waals surface area contributed by atoms with Gasteiger partial charge in [-0.25, -0.2) is 9.37 Å². The molecule has 8 nitrogen and oxygen atoms in total. The van der Waals surface area contributed by atoms with E-state index in [9.17, 15) is 17.6 Å². The van der Waals surface area contributed by atoms with Gasteiger partial charge in [0.25, 0.3) is 16.0 Å². The van der Waals surface area contributed by atoms with Gasteiger partial charge >= 0.3 is 0 Å². The lowest BCUT2D eigenvalue weighted by Gasteiger charge is -2.39. The van der Waals surface area contributed by atoms with E-state index >= 15 is 0 Å². The summed E-state index contributed by atoms with van der Waals surface area (Å²) >= 11 is 5.84. The topological polar surface area (TPSA) is 100 Å². The van der Waals surface area contributed by atoms with Crippen molar-refractivity contribution in [3.05, 3.63) is 58.5 Å². The van der Waals surface area contributed by atoms with Crippen molar-refractivity contribution in [2.75, 3.05) is 26.2 Å². The zero-order valence-electron chi connectivity index (χ0n) is 16.9. The Bertz CT molecular complexity index is 1040. The van der Waals surface area contributed by atoms with Gasteiger partial charge in [-0.3, -0.25) is 14.2 Å². The molecule has 31 heavy (non-hydrogen) atoms. The van der Waals surface area contributed by atoms with Crippen LogP contribution >= 0.6 is 11.6 Å². The van der Waals surface area contributed by atoms with Crippen LogP contribution in [0.2, 0.25) is 5.02 Å². The van der Waals surface area contributed by atoms with E-state index in [2.05, 4.69) is 9.88 Å². The Labute approximate surface area is 185 Å². The van der Waals surface area contributed by atoms with Crippen LogP contribution in [0.1, 0.15) is 18.1 Å². The summed E-state index contributed by atoms with van der Waals surface area (Å²) in [6, 6.07) is 7.59. The van der Waals surface area contributed by atoms with E-state index in [1.807, 2.05) is 6.92 Å². The molecule has 0 saturated carbocycles. The maximum Gasteiger partial charge on any atom is 0.269 e. The molecule has 1 aliphatic heterocycles. The smallest absolute Gasteiger partial charge is 0.269 e. The fourth-order valence-electron chi connectivity index (χ4n) is 3.51. The molecule has 168 valence electrons. The number of carbonyl (C=O) groups excluding carboxylic acids is 1. The number of benzene rings is 1. The SMILES string of the molecule is CC1CN(Cc2ccc(F)cc2)CCN1C(=O)COc1ncc(Cl)cc1CS(=O)(=O)O. The first-order valence-corrected chi connectivity index (χ1v) is 11.6. The molecule has 0 spiro atoms. The normalized spacial score (nSPS) is 17.5. The molecule has 1 aromatic carbocycles. The summed E-state index contributed by atoms with van der Waals surface area (Å²) in [5.74, 6) is -1.33. The Morgan fingerprint density at radius 3 is 2.68 bits per heavy atom. The molecule has 0 bridgehead atoms. The van der Waals surface area contributed by atoms with Crippen molar-refractivity contribution in [2.45, 2.75) is 25.3 Å². The second-order valence-corrected chi connectivity index (χ2v) is 9.32. The maximum absolute atomic E-state index is 13.1. The molecule has 1 aliphatic rings. The lowest BCUT2D eigenvalue weighted by molar-refractivity contribution is -0.138. The van der Waals surface area contributed by atoms with Crippen LogP contribution < -0.4 is 4.74 Å². The van der Waals surface area contributed by atoms with E-state index < -0.39 is 15.9 Å². The van der Waals surface area contributed by atoms with E-state index in [0.717, 1.165) is 5.56 Å². The van der Waals surface area contributed by atoms with Crippen LogP contribution in [-0.4, -0.2) is 65.9 Å². The van der Waals surface area contributed by atoms with Crippen molar-refractivity contribution < 1.29 is 26.9 Å². The van der Waals surface area contributed by atoms with Crippen LogP contribution in [0.5, 0.6) is 5.88 Å². The molecule has 2 aromatic rings. The first-order valence-electron chi connectivity index (χ1n) is 9.59. The standard InChI is InChI=1S/C20H23ClFN3O5S/c1-14-10-24(11-15-2-4-18(22)5-3-15)6-7-25(14)19(26)12-30-20-16(13-31(27,28)29)8-17(21)9-23-20/h2-5,8-9,14H,6-7,10-13H2,1H3,(H,27,28,29). The van der Waals surface area contributed by atoms with Crippen LogP contribution in [0, 0.1) is 5.82 Å². The minimum absolute atomic E-state index is 0.0687. The molecule has 1 amide bonds. The molecule has 1 aromatic heterocycles. The van der Waals surface area contributed by atoms with E-state index in [1.54, 1.807) is 17.0 Å². The summed E-state index contributed by atoms with van der Waals surface area (Å²) in [5.41, 5.74) is 1.07. The van der Waals surface area contributed by atoms with E-state index in [-0.39, 0.29) is 40.8 Å². The molecule has 1 atom stereocenters. The molecule has 1 fully saturated rings. The van der Waals surface area contributed by atoms with Gasteiger partial charge in [-0.2, -0.15) is 8.42 Å². The summed E-state index contributed by atoms with van der Waals surface area (Å²) in [5, 5.41) is 0.184. The molecule has 1 saturated heterocycles. The predicted molar refractivity (Wildman–Crippen MR) is 113 cm³/mol. The van der Waals surface area contributed by atoms with Gasteiger partial charge in [0.05, 0.1) is 5.02 Å². The van der Waals surface area contributed by atoms with Gasteiger partial charge in [-0.05, 0) is 30.7 Å². The lowest BCUT2D eigenvalue weighted by atomic mass is 10.1. The third-order valence-electron chi connectivity index (χ3n) is 4.91. The second-order valence-electron chi connectivity index (χ2n) is 7.43. The molecular weight excluding hydrogens is 449 g/mol. The number of hydrogen-bond acceptors (Lipinski definition) is 6. The first kappa shape index (κ1) is 23.4. The van der Waals surface area contributed by atoms with Crippen molar-refractivity contribution in [3.63, 3.8) is 0 Å². The lowest BCUT2D eigenvalue weighted by Crippen LogP contribution is -2.54. The minimum Gasteiger partial charge on any atom is -0.467 e. The number of piperazine rings is 1. The zero-order chi connectivity index (χ0) is 22.6. The highest BCUT2D eigenvalue weighted by atomic mass is 35.5. The average Bonchev–Trinajstić information content (AvgIpc) is 2.68. The van der Waals surface area contributed by atoms with Crippen LogP contribution in [0.15, 0.2) is 36.5 Å². The first-order chi connectivity index (χ1) is 14.6. The molecule has 0 radical (unpaired) electrons. The number of aromatic nitrogens is 1. The van der Waals surface area contributed by atoms with Crippen molar-refractivity contribution in [3.8, 4) is 5.88 Å². The summed E-state index contributed by atoms with van der Waals surface area (Å²) in [6.07, 6.45) is 1.27. The molecule has 0 aliphatic carbocycles. The Hall–Kier alpha value is -2.27. The van der Waals surface area contributed by atoms with Gasteiger partial charge in [0.15, 0.2) is 6.61 Å². The van der Waals surface area contributed by atoms with Gasteiger partial charge in [0.1, 0.15) is 11.6 Å². The molecule has 1 unspecified atom stereocenters. The molecule has 11 heteroatoms. The number of ether oxygens (including phenoxy) is 1. The molecule has 2 heterocycles. The van der Waals surface area contributed by atoms with E-state index in [1.165, 1.54) is 24.4 Å². The fourth-order valence-corrected chi connectivity index (χ4v) is 4.29. The van der Waals surface area contributed by atoms with Gasteiger partial charge < -0.3 is 9.64 Å². The van der Waals surface area contributed by atoms with Crippen LogP contribution in [0.4, 0.5) is 4.39 Å². The van der Waals surface area contributed by atoms with Crippen molar-refractivity contribution in [1.29, 1.82) is 0 Å². The average molecular weight is 472 g/mol. The third kappa shape index (κ3) is 6.86. The monoisotopic (exact) mass is 471 g/mol. The van der Waals surface area contributed by atoms with Gasteiger partial charge in [-0.15, -0.1) is 0 Å². The number of halogens is 2. The number of amides is 1. The summed E-state index contributed by atoms with van der Waals surface area (Å²) in [4.78, 5) is 20.5. The van der Waals surface area contributed by atoms with Crippen LogP contribution in [-0.2, 0) is 27.2 Å². The maximum atomic E-state index is 13.1. The number of nitrogens with zero attached hydrogens (tertiary/aromatic N) is 3. The Kier molecular flexibility index (Phi) is 7.47. The number of carbonyl (C=O) groups is 1. The Balaban J connectivity index is 1.56. The minimum atomic E-state index is -4.32. The molecule has 1 N–H and O–H groups in total. The van der Waals surface area contributed by atoms with Gasteiger partial charge in [0, 0.05) is 44.0 Å². The van der Waals surface area contributed by atoms with E-state index in [4.69, 9.17) is 20.9 Å². The van der Waals surface area contributed by atoms with Gasteiger partial charge in [-0.1, -0.05) is 23.7 Å². The molecule has 3 rings (SSSR count). The fraction of sp³-hybridized carbons (Fsp3) is 0.400. The number of pyridine rings is 1.